The molecule has 3 atom stereocenters. The normalized spacial score (nSPS) is 29.0. The van der Waals surface area contributed by atoms with Gasteiger partial charge in [-0.1, -0.05) is 56.0 Å². The summed E-state index contributed by atoms with van der Waals surface area (Å²) in [4.78, 5) is 4.78. The van der Waals surface area contributed by atoms with Gasteiger partial charge in [-0.3, -0.25) is 5.10 Å². The highest BCUT2D eigenvalue weighted by atomic mass is 15.2. The Hall–Kier alpha value is -1.64. The van der Waals surface area contributed by atoms with Crippen LogP contribution in [-0.4, -0.2) is 15.2 Å². The highest BCUT2D eigenvalue weighted by molar-refractivity contribution is 5.53. The molecule has 3 unspecified atom stereocenters. The molecule has 110 valence electrons. The van der Waals surface area contributed by atoms with Crippen LogP contribution in [0.1, 0.15) is 56.7 Å². The maximum absolute atomic E-state index is 4.78. The molecular formula is C18H23N3. The molecule has 21 heavy (non-hydrogen) atoms. The first kappa shape index (κ1) is 13.1. The van der Waals surface area contributed by atoms with Crippen LogP contribution in [0.2, 0.25) is 0 Å². The van der Waals surface area contributed by atoms with Crippen molar-refractivity contribution >= 4 is 0 Å². The summed E-state index contributed by atoms with van der Waals surface area (Å²) in [6.45, 7) is 0. The van der Waals surface area contributed by atoms with Crippen LogP contribution in [-0.2, 0) is 0 Å². The summed E-state index contributed by atoms with van der Waals surface area (Å²) in [5.74, 6) is 4.47. The second-order valence-corrected chi connectivity index (χ2v) is 6.72. The topological polar surface area (TPSA) is 41.6 Å². The van der Waals surface area contributed by atoms with Gasteiger partial charge in [0.05, 0.1) is 0 Å². The van der Waals surface area contributed by atoms with Gasteiger partial charge in [0.25, 0.3) is 0 Å². The molecule has 0 amide bonds. The summed E-state index contributed by atoms with van der Waals surface area (Å²) in [5.41, 5.74) is 1.10. The van der Waals surface area contributed by atoms with E-state index in [0.29, 0.717) is 5.92 Å². The van der Waals surface area contributed by atoms with E-state index >= 15 is 0 Å². The minimum atomic E-state index is 0.592. The highest BCUT2D eigenvalue weighted by Gasteiger charge is 2.33. The smallest absolute Gasteiger partial charge is 0.181 e. The summed E-state index contributed by atoms with van der Waals surface area (Å²) in [6, 6.07) is 10.3. The van der Waals surface area contributed by atoms with Crippen LogP contribution >= 0.6 is 0 Å². The van der Waals surface area contributed by atoms with E-state index < -0.39 is 0 Å². The molecule has 2 saturated carbocycles. The first-order chi connectivity index (χ1) is 10.4. The Labute approximate surface area is 126 Å². The van der Waals surface area contributed by atoms with Crippen molar-refractivity contribution in [2.45, 2.75) is 50.9 Å². The van der Waals surface area contributed by atoms with E-state index in [-0.39, 0.29) is 0 Å². The molecule has 1 aromatic carbocycles. The standard InChI is InChI=1S/C18H23N3/c1-2-7-14(8-3-1)17-19-18(21-20-17)16-11-10-13-6-4-5-9-15(13)12-16/h1-3,7-8,13,15-16H,4-6,9-12H2,(H,19,20,21). The summed E-state index contributed by atoms with van der Waals surface area (Å²) in [7, 11) is 0. The lowest BCUT2D eigenvalue weighted by molar-refractivity contribution is 0.153. The largest absolute Gasteiger partial charge is 0.262 e. The predicted molar refractivity (Wildman–Crippen MR) is 83.9 cm³/mol. The Morgan fingerprint density at radius 3 is 2.57 bits per heavy atom. The SMILES string of the molecule is c1ccc(-c2n[nH]c(C3CCC4CCCCC4C3)n2)cc1. The summed E-state index contributed by atoms with van der Waals surface area (Å²) < 4.78 is 0. The molecule has 3 nitrogen and oxygen atoms in total. The van der Waals surface area contributed by atoms with Crippen molar-refractivity contribution in [1.29, 1.82) is 0 Å². The average molecular weight is 281 g/mol. The molecule has 0 aliphatic heterocycles. The fourth-order valence-corrected chi connectivity index (χ4v) is 4.29. The van der Waals surface area contributed by atoms with E-state index in [1.54, 1.807) is 0 Å². The molecule has 4 rings (SSSR count). The number of aromatic nitrogens is 3. The number of benzene rings is 1. The van der Waals surface area contributed by atoms with Gasteiger partial charge in [0, 0.05) is 11.5 Å². The Morgan fingerprint density at radius 1 is 0.905 bits per heavy atom. The molecule has 0 bridgehead atoms. The van der Waals surface area contributed by atoms with Gasteiger partial charge in [0.15, 0.2) is 5.82 Å². The first-order valence-electron chi connectivity index (χ1n) is 8.38. The van der Waals surface area contributed by atoms with Crippen molar-refractivity contribution in [3.8, 4) is 11.4 Å². The lowest BCUT2D eigenvalue weighted by Gasteiger charge is -2.38. The summed E-state index contributed by atoms with van der Waals surface area (Å²) in [6.07, 6.45) is 9.76. The summed E-state index contributed by atoms with van der Waals surface area (Å²) in [5, 5.41) is 7.64. The number of nitrogens with one attached hydrogen (secondary N) is 1. The van der Waals surface area contributed by atoms with Crippen LogP contribution in [0.4, 0.5) is 0 Å². The van der Waals surface area contributed by atoms with Gasteiger partial charge >= 0.3 is 0 Å². The van der Waals surface area contributed by atoms with Crippen molar-refractivity contribution in [2.24, 2.45) is 11.8 Å². The Morgan fingerprint density at radius 2 is 1.71 bits per heavy atom. The molecule has 2 fully saturated rings. The van der Waals surface area contributed by atoms with Crippen LogP contribution < -0.4 is 0 Å². The van der Waals surface area contributed by atoms with Crippen LogP contribution in [0.5, 0.6) is 0 Å². The van der Waals surface area contributed by atoms with E-state index in [1.165, 1.54) is 44.9 Å². The third kappa shape index (κ3) is 2.61. The maximum Gasteiger partial charge on any atom is 0.181 e. The van der Waals surface area contributed by atoms with E-state index in [9.17, 15) is 0 Å². The molecule has 0 saturated heterocycles. The zero-order valence-corrected chi connectivity index (χ0v) is 12.5. The van der Waals surface area contributed by atoms with Crippen LogP contribution in [0.3, 0.4) is 0 Å². The molecule has 0 radical (unpaired) electrons. The van der Waals surface area contributed by atoms with Crippen LogP contribution in [0, 0.1) is 11.8 Å². The van der Waals surface area contributed by atoms with E-state index in [0.717, 1.165) is 29.0 Å². The maximum atomic E-state index is 4.78. The number of hydrogen-bond acceptors (Lipinski definition) is 2. The zero-order valence-electron chi connectivity index (χ0n) is 12.5. The van der Waals surface area contributed by atoms with Crippen LogP contribution in [0.25, 0.3) is 11.4 Å². The van der Waals surface area contributed by atoms with Gasteiger partial charge in [-0.15, -0.1) is 0 Å². The Bertz CT molecular complexity index is 590. The molecule has 2 aliphatic carbocycles. The molecule has 2 aliphatic rings. The monoisotopic (exact) mass is 281 g/mol. The highest BCUT2D eigenvalue weighted by Crippen LogP contribution is 2.45. The molecule has 1 aromatic heterocycles. The first-order valence-corrected chi connectivity index (χ1v) is 8.38. The molecule has 1 heterocycles. The second-order valence-electron chi connectivity index (χ2n) is 6.72. The van der Waals surface area contributed by atoms with Crippen molar-refractivity contribution in [2.75, 3.05) is 0 Å². The lowest BCUT2D eigenvalue weighted by Crippen LogP contribution is -2.27. The van der Waals surface area contributed by atoms with Gasteiger partial charge in [-0.05, 0) is 31.1 Å². The molecule has 0 spiro atoms. The fraction of sp³-hybridized carbons (Fsp3) is 0.556. The molecular weight excluding hydrogens is 258 g/mol. The van der Waals surface area contributed by atoms with Crippen molar-refractivity contribution in [1.82, 2.24) is 15.2 Å². The Balaban J connectivity index is 1.51. The van der Waals surface area contributed by atoms with Gasteiger partial charge < -0.3 is 0 Å². The number of H-pyrrole nitrogens is 1. The van der Waals surface area contributed by atoms with Crippen molar-refractivity contribution < 1.29 is 0 Å². The third-order valence-electron chi connectivity index (χ3n) is 5.46. The Kier molecular flexibility index (Phi) is 3.50. The van der Waals surface area contributed by atoms with Gasteiger partial charge in [-0.25, -0.2) is 4.98 Å². The minimum Gasteiger partial charge on any atom is -0.262 e. The average Bonchev–Trinajstić information content (AvgIpc) is 3.05. The zero-order chi connectivity index (χ0) is 14.1. The third-order valence-corrected chi connectivity index (χ3v) is 5.46. The second kappa shape index (κ2) is 5.63. The number of rotatable bonds is 2. The van der Waals surface area contributed by atoms with E-state index in [1.807, 2.05) is 18.2 Å². The van der Waals surface area contributed by atoms with Crippen molar-refractivity contribution in [3.05, 3.63) is 36.2 Å². The molecule has 3 heteroatoms. The summed E-state index contributed by atoms with van der Waals surface area (Å²) >= 11 is 0. The number of hydrogen-bond donors (Lipinski definition) is 1. The predicted octanol–water partition coefficient (Wildman–Crippen LogP) is 4.55. The van der Waals surface area contributed by atoms with Gasteiger partial charge in [0.1, 0.15) is 5.82 Å². The van der Waals surface area contributed by atoms with E-state index in [2.05, 4.69) is 22.3 Å². The lowest BCUT2D eigenvalue weighted by atomic mass is 9.67. The molecule has 2 aromatic rings. The number of fused-ring (bicyclic) bond motifs is 1. The number of aromatic amines is 1. The van der Waals surface area contributed by atoms with Crippen LogP contribution in [0.15, 0.2) is 30.3 Å². The van der Waals surface area contributed by atoms with E-state index in [4.69, 9.17) is 4.98 Å². The van der Waals surface area contributed by atoms with Gasteiger partial charge in [0.2, 0.25) is 0 Å². The quantitative estimate of drug-likeness (QED) is 0.877. The van der Waals surface area contributed by atoms with Crippen molar-refractivity contribution in [3.63, 3.8) is 0 Å². The number of nitrogens with zero attached hydrogens (tertiary/aromatic N) is 2. The molecule has 1 N–H and O–H groups in total. The van der Waals surface area contributed by atoms with Gasteiger partial charge in [-0.2, -0.15) is 5.10 Å². The fourth-order valence-electron chi connectivity index (χ4n) is 4.29. The minimum absolute atomic E-state index is 0.592.